The van der Waals surface area contributed by atoms with Gasteiger partial charge in [-0.1, -0.05) is 36.1 Å². The highest BCUT2D eigenvalue weighted by atomic mass is 16.5. The molecule has 0 aromatic heterocycles. The maximum Gasteiger partial charge on any atom is 0.307 e. The van der Waals surface area contributed by atoms with Gasteiger partial charge >= 0.3 is 5.97 Å². The molecule has 0 bridgehead atoms. The summed E-state index contributed by atoms with van der Waals surface area (Å²) in [5.41, 5.74) is 1.22. The Morgan fingerprint density at radius 2 is 0.848 bits per heavy atom. The highest BCUT2D eigenvalue weighted by Crippen LogP contribution is 2.25. The van der Waals surface area contributed by atoms with E-state index in [-0.39, 0.29) is 33.7 Å². The quantitative estimate of drug-likeness (QED) is 0.302. The Bertz CT molecular complexity index is 762. The Kier molecular flexibility index (Phi) is 23.1. The number of hydrogen-bond donors (Lipinski definition) is 1. The molecule has 4 saturated heterocycles. The van der Waals surface area contributed by atoms with E-state index in [9.17, 15) is 4.79 Å². The molecule has 4 fully saturated rings. The minimum absolute atomic E-state index is 0. The van der Waals surface area contributed by atoms with Crippen LogP contribution in [0.4, 0.5) is 0 Å². The standard InChI is InChI=1S/C10H21N.C9H17NO2.C9H19N.C8H17NO.3CH4/c1-9-5-7-11(8-6-9)10(2,3)4;1-9(2,3)10-5-4-7(6-10)8(11)12;1-8-5-6-10(7-8)9(2,3)4;1-8(2,3)9-4-6-10-7-5-9;;;/h9H,5-8H2,1-4H3;7H,4-6H2,1-3H3,(H,11,12);8H,5-7H2,1-4H3;4-7H2,1-3H3;3*1H4. The summed E-state index contributed by atoms with van der Waals surface area (Å²) in [6.45, 7) is 42.4. The predicted octanol–water partition coefficient (Wildman–Crippen LogP) is 8.86. The zero-order valence-electron chi connectivity index (χ0n) is 31.2. The fourth-order valence-electron chi connectivity index (χ4n) is 6.03. The van der Waals surface area contributed by atoms with Crippen molar-refractivity contribution < 1.29 is 14.6 Å². The molecule has 46 heavy (non-hydrogen) atoms. The van der Waals surface area contributed by atoms with Gasteiger partial charge in [-0.15, -0.1) is 0 Å². The van der Waals surface area contributed by atoms with Crippen LogP contribution in [0, 0.1) is 17.8 Å². The van der Waals surface area contributed by atoms with Crippen LogP contribution < -0.4 is 0 Å². The van der Waals surface area contributed by atoms with E-state index < -0.39 is 5.97 Å². The summed E-state index contributed by atoms with van der Waals surface area (Å²) in [7, 11) is 0. The highest BCUT2D eigenvalue weighted by molar-refractivity contribution is 5.70. The summed E-state index contributed by atoms with van der Waals surface area (Å²) in [6, 6.07) is 0. The van der Waals surface area contributed by atoms with E-state index in [4.69, 9.17) is 9.84 Å². The molecule has 2 atom stereocenters. The molecule has 7 nitrogen and oxygen atoms in total. The van der Waals surface area contributed by atoms with Gasteiger partial charge in [-0.3, -0.25) is 24.4 Å². The van der Waals surface area contributed by atoms with Crippen LogP contribution in [0.2, 0.25) is 0 Å². The summed E-state index contributed by atoms with van der Waals surface area (Å²) in [4.78, 5) is 20.5. The number of likely N-dealkylation sites (tertiary alicyclic amines) is 3. The van der Waals surface area contributed by atoms with Crippen LogP contribution in [0.5, 0.6) is 0 Å². The molecule has 7 heteroatoms. The zero-order chi connectivity index (χ0) is 33.2. The van der Waals surface area contributed by atoms with Crippen LogP contribution in [-0.2, 0) is 9.53 Å². The molecule has 0 aliphatic carbocycles. The molecular formula is C39H86N4O3. The number of morpholine rings is 1. The summed E-state index contributed by atoms with van der Waals surface area (Å²) in [5, 5.41) is 8.77. The average molecular weight is 659 g/mol. The molecule has 0 aromatic rings. The minimum Gasteiger partial charge on any atom is -0.481 e. The maximum atomic E-state index is 10.6. The van der Waals surface area contributed by atoms with Gasteiger partial charge in [0.2, 0.25) is 0 Å². The van der Waals surface area contributed by atoms with Gasteiger partial charge in [0.25, 0.3) is 0 Å². The van der Waals surface area contributed by atoms with Crippen molar-refractivity contribution in [3.63, 3.8) is 0 Å². The molecule has 4 aliphatic rings. The second-order valence-corrected chi connectivity index (χ2v) is 17.6. The number of carboxylic acids is 1. The number of carbonyl (C=O) groups is 1. The monoisotopic (exact) mass is 659 g/mol. The van der Waals surface area contributed by atoms with Gasteiger partial charge in [0, 0.05) is 48.3 Å². The summed E-state index contributed by atoms with van der Waals surface area (Å²) >= 11 is 0. The molecule has 0 radical (unpaired) electrons. The van der Waals surface area contributed by atoms with Gasteiger partial charge in [0.05, 0.1) is 19.1 Å². The normalized spacial score (nSPS) is 24.0. The topological polar surface area (TPSA) is 59.5 Å². The lowest BCUT2D eigenvalue weighted by Gasteiger charge is -2.40. The predicted molar refractivity (Wildman–Crippen MR) is 204 cm³/mol. The van der Waals surface area contributed by atoms with Crippen molar-refractivity contribution in [1.82, 2.24) is 19.6 Å². The van der Waals surface area contributed by atoms with Gasteiger partial charge in [-0.25, -0.2) is 0 Å². The lowest BCUT2D eigenvalue weighted by atomic mass is 9.95. The van der Waals surface area contributed by atoms with Crippen molar-refractivity contribution in [2.24, 2.45) is 17.8 Å². The molecule has 0 spiro atoms. The Morgan fingerprint density at radius 1 is 0.522 bits per heavy atom. The first-order chi connectivity index (χ1) is 19.5. The van der Waals surface area contributed by atoms with Crippen LogP contribution in [0.3, 0.4) is 0 Å². The number of rotatable bonds is 1. The Morgan fingerprint density at radius 3 is 1.11 bits per heavy atom. The molecule has 0 aromatic carbocycles. The minimum atomic E-state index is -0.651. The zero-order valence-corrected chi connectivity index (χ0v) is 31.2. The van der Waals surface area contributed by atoms with Gasteiger partial charge in [-0.2, -0.15) is 0 Å². The third-order valence-corrected chi connectivity index (χ3v) is 9.55. The van der Waals surface area contributed by atoms with Gasteiger partial charge < -0.3 is 9.84 Å². The maximum absolute atomic E-state index is 10.6. The van der Waals surface area contributed by atoms with Crippen LogP contribution >= 0.6 is 0 Å². The van der Waals surface area contributed by atoms with E-state index in [0.29, 0.717) is 23.2 Å². The number of hydrogen-bond acceptors (Lipinski definition) is 6. The number of aliphatic carboxylic acids is 1. The SMILES string of the molecule is C.C.C.CC(C)(C)N1CCC(C(=O)O)C1.CC(C)(C)N1CCOCC1.CC1CCN(C(C)(C)C)C1.CC1CCN(C(C)(C)C)CC1. The van der Waals surface area contributed by atoms with Crippen LogP contribution in [-0.4, -0.2) is 118 Å². The summed E-state index contributed by atoms with van der Waals surface area (Å²) < 4.78 is 5.25. The van der Waals surface area contributed by atoms with E-state index >= 15 is 0 Å². The van der Waals surface area contributed by atoms with Crippen molar-refractivity contribution in [3.05, 3.63) is 0 Å². The highest BCUT2D eigenvalue weighted by Gasteiger charge is 2.33. The van der Waals surface area contributed by atoms with Crippen molar-refractivity contribution in [3.8, 4) is 0 Å². The molecule has 4 heterocycles. The third kappa shape index (κ3) is 19.3. The fraction of sp³-hybridized carbons (Fsp3) is 0.974. The van der Waals surface area contributed by atoms with E-state index in [0.717, 1.165) is 51.1 Å². The average Bonchev–Trinajstić information content (AvgIpc) is 3.55. The van der Waals surface area contributed by atoms with Crippen molar-refractivity contribution in [2.75, 3.05) is 65.6 Å². The number of nitrogens with zero attached hydrogens (tertiary/aromatic N) is 4. The molecule has 4 rings (SSSR count). The summed E-state index contributed by atoms with van der Waals surface area (Å²) in [5.74, 6) is 1.07. The van der Waals surface area contributed by atoms with Gasteiger partial charge in [0.1, 0.15) is 0 Å². The van der Waals surface area contributed by atoms with Crippen molar-refractivity contribution >= 4 is 5.97 Å². The second-order valence-electron chi connectivity index (χ2n) is 17.6. The van der Waals surface area contributed by atoms with Gasteiger partial charge in [0.15, 0.2) is 0 Å². The molecule has 2 unspecified atom stereocenters. The molecule has 1 N–H and O–H groups in total. The van der Waals surface area contributed by atoms with E-state index in [1.165, 1.54) is 45.4 Å². The van der Waals surface area contributed by atoms with Crippen molar-refractivity contribution in [1.29, 1.82) is 0 Å². The largest absolute Gasteiger partial charge is 0.481 e. The summed E-state index contributed by atoms with van der Waals surface area (Å²) in [6.07, 6.45) is 4.96. The molecule has 4 aliphatic heterocycles. The van der Waals surface area contributed by atoms with Crippen LogP contribution in [0.1, 0.15) is 145 Å². The molecule has 0 saturated carbocycles. The Hall–Kier alpha value is -0.730. The Balaban J connectivity index is -0.000000526. The lowest BCUT2D eigenvalue weighted by molar-refractivity contribution is -0.141. The lowest BCUT2D eigenvalue weighted by Crippen LogP contribution is -2.47. The smallest absolute Gasteiger partial charge is 0.307 e. The second kappa shape index (κ2) is 21.4. The van der Waals surface area contributed by atoms with Crippen molar-refractivity contribution in [2.45, 2.75) is 167 Å². The Labute approximate surface area is 290 Å². The number of carboxylic acid groups (broad SMARTS) is 1. The fourth-order valence-corrected chi connectivity index (χ4v) is 6.03. The van der Waals surface area contributed by atoms with E-state index in [1.54, 1.807) is 0 Å². The molecular weight excluding hydrogens is 572 g/mol. The van der Waals surface area contributed by atoms with Crippen LogP contribution in [0.25, 0.3) is 0 Å². The third-order valence-electron chi connectivity index (χ3n) is 9.55. The number of ether oxygens (including phenoxy) is 1. The molecule has 0 amide bonds. The first-order valence-electron chi connectivity index (χ1n) is 17.3. The first-order valence-corrected chi connectivity index (χ1v) is 17.3. The van der Waals surface area contributed by atoms with Gasteiger partial charge in [-0.05, 0) is 147 Å². The van der Waals surface area contributed by atoms with E-state index in [2.05, 4.69) is 117 Å². The van der Waals surface area contributed by atoms with Crippen LogP contribution in [0.15, 0.2) is 0 Å². The van der Waals surface area contributed by atoms with E-state index in [1.807, 2.05) is 0 Å². The molecule has 280 valence electrons. The first kappa shape index (κ1) is 49.7. The number of piperidine rings is 1.